The van der Waals surface area contributed by atoms with E-state index in [9.17, 15) is 4.79 Å². The number of carboxylic acid groups (broad SMARTS) is 1. The molecule has 2 aromatic heterocycles. The molecule has 0 spiro atoms. The van der Waals surface area contributed by atoms with Crippen molar-refractivity contribution < 1.29 is 9.90 Å². The van der Waals surface area contributed by atoms with Gasteiger partial charge in [0.05, 0.1) is 6.20 Å². The van der Waals surface area contributed by atoms with Crippen LogP contribution in [-0.2, 0) is 7.05 Å². The number of benzene rings is 1. The number of aromatic amines is 1. The second-order valence-corrected chi connectivity index (χ2v) is 4.08. The molecule has 0 amide bonds. The fraction of sp³-hybridized carbons (Fsp3) is 0.0769. The van der Waals surface area contributed by atoms with Crippen LogP contribution in [0.3, 0.4) is 0 Å². The normalized spacial score (nSPS) is 10.9. The highest BCUT2D eigenvalue weighted by atomic mass is 16.4. The van der Waals surface area contributed by atoms with Gasteiger partial charge in [-0.25, -0.2) is 9.78 Å². The van der Waals surface area contributed by atoms with Crippen LogP contribution in [0.25, 0.3) is 22.3 Å². The van der Waals surface area contributed by atoms with Crippen molar-refractivity contribution in [1.82, 2.24) is 14.5 Å². The van der Waals surface area contributed by atoms with Crippen LogP contribution < -0.4 is 0 Å². The lowest BCUT2D eigenvalue weighted by atomic mass is 10.1. The van der Waals surface area contributed by atoms with Gasteiger partial charge in [0.25, 0.3) is 0 Å². The average Bonchev–Trinajstić information content (AvgIpc) is 2.92. The summed E-state index contributed by atoms with van der Waals surface area (Å²) < 4.78 is 1.58. The van der Waals surface area contributed by atoms with Gasteiger partial charge in [-0.15, -0.1) is 0 Å². The van der Waals surface area contributed by atoms with Crippen LogP contribution in [0.1, 0.15) is 10.5 Å². The molecular formula is C13H11N3O2. The van der Waals surface area contributed by atoms with Gasteiger partial charge in [-0.05, 0) is 6.07 Å². The highest BCUT2D eigenvalue weighted by Gasteiger charge is 2.16. The second-order valence-electron chi connectivity index (χ2n) is 4.08. The Kier molecular flexibility index (Phi) is 2.19. The first kappa shape index (κ1) is 10.6. The lowest BCUT2D eigenvalue weighted by molar-refractivity contribution is 0.0686. The first-order valence-corrected chi connectivity index (χ1v) is 5.50. The maximum absolute atomic E-state index is 11.0. The van der Waals surface area contributed by atoms with Crippen LogP contribution >= 0.6 is 0 Å². The Morgan fingerprint density at radius 3 is 2.89 bits per heavy atom. The SMILES string of the molecule is Cn1c(C(=O)O)cnc1-c1c[nH]c2ccccc12. The molecular weight excluding hydrogens is 230 g/mol. The molecule has 2 heterocycles. The molecule has 1 aromatic carbocycles. The molecule has 0 radical (unpaired) electrons. The molecule has 0 bridgehead atoms. The van der Waals surface area contributed by atoms with Crippen molar-refractivity contribution in [2.45, 2.75) is 0 Å². The van der Waals surface area contributed by atoms with E-state index >= 15 is 0 Å². The number of hydrogen-bond donors (Lipinski definition) is 2. The number of nitrogens with zero attached hydrogens (tertiary/aromatic N) is 2. The number of nitrogens with one attached hydrogen (secondary N) is 1. The summed E-state index contributed by atoms with van der Waals surface area (Å²) >= 11 is 0. The zero-order valence-electron chi connectivity index (χ0n) is 9.71. The van der Waals surface area contributed by atoms with E-state index in [0.717, 1.165) is 16.5 Å². The van der Waals surface area contributed by atoms with E-state index in [1.165, 1.54) is 6.20 Å². The van der Waals surface area contributed by atoms with Crippen molar-refractivity contribution in [3.05, 3.63) is 42.4 Å². The summed E-state index contributed by atoms with van der Waals surface area (Å²) in [6.45, 7) is 0. The van der Waals surface area contributed by atoms with Crippen LogP contribution in [0, 0.1) is 0 Å². The van der Waals surface area contributed by atoms with Gasteiger partial charge in [0.2, 0.25) is 0 Å². The second kappa shape index (κ2) is 3.73. The minimum Gasteiger partial charge on any atom is -0.477 e. The summed E-state index contributed by atoms with van der Waals surface area (Å²) in [6, 6.07) is 7.85. The molecule has 0 fully saturated rings. The predicted octanol–water partition coefficient (Wildman–Crippen LogP) is 2.27. The van der Waals surface area contributed by atoms with E-state index in [-0.39, 0.29) is 5.69 Å². The van der Waals surface area contributed by atoms with Crippen molar-refractivity contribution in [2.75, 3.05) is 0 Å². The van der Waals surface area contributed by atoms with Crippen molar-refractivity contribution in [2.24, 2.45) is 7.05 Å². The predicted molar refractivity (Wildman–Crippen MR) is 67.5 cm³/mol. The molecule has 0 atom stereocenters. The van der Waals surface area contributed by atoms with Crippen molar-refractivity contribution >= 4 is 16.9 Å². The molecule has 0 saturated carbocycles. The van der Waals surface area contributed by atoms with Crippen molar-refractivity contribution in [3.8, 4) is 11.4 Å². The van der Waals surface area contributed by atoms with E-state index in [2.05, 4.69) is 9.97 Å². The molecule has 0 aliphatic carbocycles. The summed E-state index contributed by atoms with van der Waals surface area (Å²) in [7, 11) is 1.70. The standard InChI is InChI=1S/C13H11N3O2/c1-16-11(13(17)18)7-15-12(16)9-6-14-10-5-3-2-4-8(9)10/h2-7,14H,1H3,(H,17,18). The maximum atomic E-state index is 11.0. The molecule has 5 heteroatoms. The number of rotatable bonds is 2. The monoisotopic (exact) mass is 241 g/mol. The van der Waals surface area contributed by atoms with E-state index in [1.54, 1.807) is 11.6 Å². The molecule has 0 saturated heterocycles. The van der Waals surface area contributed by atoms with Crippen LogP contribution in [0.15, 0.2) is 36.7 Å². The van der Waals surface area contributed by atoms with Gasteiger partial charge < -0.3 is 14.7 Å². The number of carbonyl (C=O) groups is 1. The highest BCUT2D eigenvalue weighted by molar-refractivity contribution is 5.95. The molecule has 90 valence electrons. The lowest BCUT2D eigenvalue weighted by Crippen LogP contribution is -2.04. The molecule has 0 unspecified atom stereocenters. The van der Waals surface area contributed by atoms with Gasteiger partial charge in [-0.2, -0.15) is 0 Å². The Bertz CT molecular complexity index is 740. The molecule has 3 rings (SSSR count). The molecule has 3 aromatic rings. The number of hydrogen-bond acceptors (Lipinski definition) is 2. The largest absolute Gasteiger partial charge is 0.477 e. The van der Waals surface area contributed by atoms with Crippen LogP contribution in [-0.4, -0.2) is 25.6 Å². The zero-order valence-corrected chi connectivity index (χ0v) is 9.71. The Morgan fingerprint density at radius 1 is 1.39 bits per heavy atom. The maximum Gasteiger partial charge on any atom is 0.354 e. The zero-order chi connectivity index (χ0) is 12.7. The van der Waals surface area contributed by atoms with Gasteiger partial charge >= 0.3 is 5.97 Å². The third-order valence-corrected chi connectivity index (χ3v) is 3.04. The summed E-state index contributed by atoms with van der Waals surface area (Å²) in [6.07, 6.45) is 3.22. The number of imidazole rings is 1. The Balaban J connectivity index is 2.24. The third kappa shape index (κ3) is 1.41. The van der Waals surface area contributed by atoms with Crippen molar-refractivity contribution in [3.63, 3.8) is 0 Å². The lowest BCUT2D eigenvalue weighted by Gasteiger charge is -2.01. The Hall–Kier alpha value is -2.56. The fourth-order valence-electron chi connectivity index (χ4n) is 2.12. The van der Waals surface area contributed by atoms with Crippen LogP contribution in [0.4, 0.5) is 0 Å². The number of para-hydroxylation sites is 1. The van der Waals surface area contributed by atoms with Crippen LogP contribution in [0.2, 0.25) is 0 Å². The van der Waals surface area contributed by atoms with E-state index in [4.69, 9.17) is 5.11 Å². The van der Waals surface area contributed by atoms with Crippen LogP contribution in [0.5, 0.6) is 0 Å². The number of aromatic carboxylic acids is 1. The quantitative estimate of drug-likeness (QED) is 0.723. The molecule has 0 aliphatic rings. The van der Waals surface area contributed by atoms with E-state index in [0.29, 0.717) is 5.82 Å². The smallest absolute Gasteiger partial charge is 0.354 e. The first-order valence-electron chi connectivity index (χ1n) is 5.50. The van der Waals surface area contributed by atoms with Gasteiger partial charge in [0, 0.05) is 29.7 Å². The molecule has 18 heavy (non-hydrogen) atoms. The van der Waals surface area contributed by atoms with Gasteiger partial charge in [0.1, 0.15) is 11.5 Å². The number of fused-ring (bicyclic) bond motifs is 1. The van der Waals surface area contributed by atoms with Gasteiger partial charge in [-0.1, -0.05) is 18.2 Å². The van der Waals surface area contributed by atoms with E-state index in [1.807, 2.05) is 30.5 Å². The fourth-order valence-corrected chi connectivity index (χ4v) is 2.12. The molecule has 0 aliphatic heterocycles. The summed E-state index contributed by atoms with van der Waals surface area (Å²) in [5.41, 5.74) is 2.09. The number of H-pyrrole nitrogens is 1. The van der Waals surface area contributed by atoms with E-state index < -0.39 is 5.97 Å². The van der Waals surface area contributed by atoms with Gasteiger partial charge in [0.15, 0.2) is 0 Å². The highest BCUT2D eigenvalue weighted by Crippen LogP contribution is 2.27. The van der Waals surface area contributed by atoms with Crippen molar-refractivity contribution in [1.29, 1.82) is 0 Å². The van der Waals surface area contributed by atoms with Gasteiger partial charge in [-0.3, -0.25) is 0 Å². The summed E-state index contributed by atoms with van der Waals surface area (Å²) in [5.74, 6) is -0.332. The topological polar surface area (TPSA) is 70.9 Å². The Labute approximate surface area is 103 Å². The Morgan fingerprint density at radius 2 is 2.17 bits per heavy atom. The summed E-state index contributed by atoms with van der Waals surface area (Å²) in [4.78, 5) is 18.3. The summed E-state index contributed by atoms with van der Waals surface area (Å²) in [5, 5.41) is 10.1. The number of aromatic nitrogens is 3. The molecule has 5 nitrogen and oxygen atoms in total. The minimum absolute atomic E-state index is 0.176. The average molecular weight is 241 g/mol. The number of carboxylic acids is 1. The third-order valence-electron chi connectivity index (χ3n) is 3.04. The first-order chi connectivity index (χ1) is 8.68. The minimum atomic E-state index is -0.976. The molecule has 2 N–H and O–H groups in total.